The van der Waals surface area contributed by atoms with Crippen LogP contribution in [0, 0.1) is 5.92 Å². The van der Waals surface area contributed by atoms with Crippen LogP contribution in [0.1, 0.15) is 38.2 Å². The number of amides is 2. The number of rotatable bonds is 7. The molecular formula is C25H32N2O3S. The third-order valence-electron chi connectivity index (χ3n) is 6.42. The Morgan fingerprint density at radius 1 is 1.19 bits per heavy atom. The standard InChI is InChI=1S/C25H32N2O3S/c1-2-26-13-14-27(24(28)12-11-22-5-3-15-30-22)18-21(25(26)29)17-19-7-9-20(10-8-19)23-6-4-16-31-23/h4,6-10,16,21-22H,2-3,5,11-15,17-18H2,1H3/t21-,22+/m0/s1. The van der Waals surface area contributed by atoms with E-state index >= 15 is 0 Å². The fourth-order valence-electron chi connectivity index (χ4n) is 4.58. The highest BCUT2D eigenvalue weighted by Gasteiger charge is 2.32. The molecule has 6 heteroatoms. The largest absolute Gasteiger partial charge is 0.378 e. The quantitative estimate of drug-likeness (QED) is 0.648. The molecule has 0 spiro atoms. The maximum atomic E-state index is 13.1. The second-order valence-electron chi connectivity index (χ2n) is 8.51. The second-order valence-corrected chi connectivity index (χ2v) is 9.45. The normalized spacial score (nSPS) is 22.0. The van der Waals surface area contributed by atoms with E-state index in [4.69, 9.17) is 4.74 Å². The molecule has 2 fully saturated rings. The lowest BCUT2D eigenvalue weighted by Crippen LogP contribution is -2.38. The molecule has 2 saturated heterocycles. The summed E-state index contributed by atoms with van der Waals surface area (Å²) >= 11 is 1.73. The summed E-state index contributed by atoms with van der Waals surface area (Å²) in [5.74, 6) is 0.125. The summed E-state index contributed by atoms with van der Waals surface area (Å²) in [5, 5.41) is 2.08. The molecule has 5 nitrogen and oxygen atoms in total. The maximum Gasteiger partial charge on any atom is 0.227 e. The smallest absolute Gasteiger partial charge is 0.227 e. The third-order valence-corrected chi connectivity index (χ3v) is 7.34. The molecule has 3 heterocycles. The summed E-state index contributed by atoms with van der Waals surface area (Å²) < 4.78 is 5.67. The van der Waals surface area contributed by atoms with Gasteiger partial charge in [-0.05, 0) is 55.2 Å². The molecule has 0 aliphatic carbocycles. The zero-order valence-corrected chi connectivity index (χ0v) is 19.1. The molecule has 4 rings (SSSR count). The Balaban J connectivity index is 1.42. The van der Waals surface area contributed by atoms with Crippen molar-refractivity contribution in [2.45, 2.75) is 45.1 Å². The zero-order chi connectivity index (χ0) is 21.6. The highest BCUT2D eigenvalue weighted by Crippen LogP contribution is 2.26. The highest BCUT2D eigenvalue weighted by molar-refractivity contribution is 7.13. The first-order valence-corrected chi connectivity index (χ1v) is 12.3. The van der Waals surface area contributed by atoms with Crippen molar-refractivity contribution in [3.63, 3.8) is 0 Å². The minimum atomic E-state index is -0.193. The van der Waals surface area contributed by atoms with Crippen molar-refractivity contribution >= 4 is 23.2 Å². The first-order chi connectivity index (χ1) is 15.1. The van der Waals surface area contributed by atoms with Crippen LogP contribution < -0.4 is 0 Å². The van der Waals surface area contributed by atoms with E-state index in [0.29, 0.717) is 39.0 Å². The number of hydrogen-bond acceptors (Lipinski definition) is 4. The summed E-state index contributed by atoms with van der Waals surface area (Å²) in [6.07, 6.45) is 4.33. The van der Waals surface area contributed by atoms with E-state index in [9.17, 15) is 9.59 Å². The van der Waals surface area contributed by atoms with Gasteiger partial charge >= 0.3 is 0 Å². The fraction of sp³-hybridized carbons (Fsp3) is 0.520. The summed E-state index contributed by atoms with van der Waals surface area (Å²) in [6, 6.07) is 12.7. The van der Waals surface area contributed by atoms with Crippen LogP contribution in [0.2, 0.25) is 0 Å². The van der Waals surface area contributed by atoms with Crippen molar-refractivity contribution in [1.82, 2.24) is 9.80 Å². The van der Waals surface area contributed by atoms with E-state index in [1.54, 1.807) is 11.3 Å². The average Bonchev–Trinajstić information content (AvgIpc) is 3.48. The minimum Gasteiger partial charge on any atom is -0.378 e. The van der Waals surface area contributed by atoms with Gasteiger partial charge < -0.3 is 14.5 Å². The predicted octanol–water partition coefficient (Wildman–Crippen LogP) is 4.22. The molecular weight excluding hydrogens is 408 g/mol. The van der Waals surface area contributed by atoms with Crippen LogP contribution in [0.15, 0.2) is 41.8 Å². The van der Waals surface area contributed by atoms with Gasteiger partial charge in [-0.25, -0.2) is 0 Å². The number of carbonyl (C=O) groups is 2. The average molecular weight is 441 g/mol. The number of likely N-dealkylation sites (N-methyl/N-ethyl adjacent to an activating group) is 1. The number of nitrogens with zero attached hydrogens (tertiary/aromatic N) is 2. The molecule has 166 valence electrons. The number of ether oxygens (including phenoxy) is 1. The lowest BCUT2D eigenvalue weighted by atomic mass is 9.96. The van der Waals surface area contributed by atoms with Gasteiger partial charge in [0.25, 0.3) is 0 Å². The van der Waals surface area contributed by atoms with Crippen molar-refractivity contribution in [3.05, 3.63) is 47.3 Å². The van der Waals surface area contributed by atoms with Gasteiger partial charge in [-0.2, -0.15) is 0 Å². The fourth-order valence-corrected chi connectivity index (χ4v) is 5.32. The second kappa shape index (κ2) is 10.4. The summed E-state index contributed by atoms with van der Waals surface area (Å²) in [5.41, 5.74) is 2.34. The van der Waals surface area contributed by atoms with Gasteiger partial charge in [-0.1, -0.05) is 30.3 Å². The van der Waals surface area contributed by atoms with Gasteiger partial charge in [0.2, 0.25) is 11.8 Å². The van der Waals surface area contributed by atoms with Crippen molar-refractivity contribution in [1.29, 1.82) is 0 Å². The predicted molar refractivity (Wildman–Crippen MR) is 124 cm³/mol. The van der Waals surface area contributed by atoms with Crippen LogP contribution in [-0.4, -0.2) is 60.5 Å². The minimum absolute atomic E-state index is 0.152. The van der Waals surface area contributed by atoms with Gasteiger partial charge in [0.15, 0.2) is 0 Å². The molecule has 0 N–H and O–H groups in total. The molecule has 2 amide bonds. The van der Waals surface area contributed by atoms with Crippen molar-refractivity contribution in [3.8, 4) is 10.4 Å². The van der Waals surface area contributed by atoms with Gasteiger partial charge in [0, 0.05) is 44.1 Å². The van der Waals surface area contributed by atoms with E-state index < -0.39 is 0 Å². The van der Waals surface area contributed by atoms with Gasteiger partial charge in [-0.3, -0.25) is 9.59 Å². The summed E-state index contributed by atoms with van der Waals surface area (Å²) in [7, 11) is 0. The SMILES string of the molecule is CCN1CCN(C(=O)CC[C@H]2CCCO2)C[C@H](Cc2ccc(-c3cccs3)cc2)C1=O. The number of hydrogen-bond donors (Lipinski definition) is 0. The Labute approximate surface area is 189 Å². The molecule has 31 heavy (non-hydrogen) atoms. The van der Waals surface area contributed by atoms with Crippen LogP contribution in [0.4, 0.5) is 0 Å². The first kappa shape index (κ1) is 22.0. The molecule has 0 unspecified atom stereocenters. The van der Waals surface area contributed by atoms with E-state index in [1.165, 1.54) is 10.4 Å². The van der Waals surface area contributed by atoms with Crippen LogP contribution >= 0.6 is 11.3 Å². The Morgan fingerprint density at radius 2 is 2.03 bits per heavy atom. The molecule has 2 aromatic rings. The third kappa shape index (κ3) is 5.55. The van der Waals surface area contributed by atoms with Crippen LogP contribution in [-0.2, 0) is 20.7 Å². The molecule has 0 radical (unpaired) electrons. The molecule has 2 aliphatic rings. The molecule has 2 aliphatic heterocycles. The van der Waals surface area contributed by atoms with Gasteiger partial charge in [-0.15, -0.1) is 11.3 Å². The number of carbonyl (C=O) groups excluding carboxylic acids is 2. The highest BCUT2D eigenvalue weighted by atomic mass is 32.1. The van der Waals surface area contributed by atoms with E-state index in [0.717, 1.165) is 31.4 Å². The lowest BCUT2D eigenvalue weighted by Gasteiger charge is -2.24. The van der Waals surface area contributed by atoms with Gasteiger partial charge in [0.05, 0.1) is 12.0 Å². The van der Waals surface area contributed by atoms with E-state index in [1.807, 2.05) is 16.7 Å². The Bertz CT molecular complexity index is 859. The van der Waals surface area contributed by atoms with Crippen LogP contribution in [0.3, 0.4) is 0 Å². The maximum absolute atomic E-state index is 13.1. The zero-order valence-electron chi connectivity index (χ0n) is 18.3. The van der Waals surface area contributed by atoms with E-state index in [2.05, 4.69) is 41.8 Å². The Morgan fingerprint density at radius 3 is 2.71 bits per heavy atom. The Hall–Kier alpha value is -2.18. The van der Waals surface area contributed by atoms with Gasteiger partial charge in [0.1, 0.15) is 0 Å². The molecule has 0 bridgehead atoms. The molecule has 0 saturated carbocycles. The number of benzene rings is 1. The summed E-state index contributed by atoms with van der Waals surface area (Å²) in [4.78, 5) is 31.1. The van der Waals surface area contributed by atoms with Crippen molar-refractivity contribution < 1.29 is 14.3 Å². The van der Waals surface area contributed by atoms with Crippen LogP contribution in [0.25, 0.3) is 10.4 Å². The van der Waals surface area contributed by atoms with E-state index in [-0.39, 0.29) is 23.8 Å². The van der Waals surface area contributed by atoms with Crippen molar-refractivity contribution in [2.75, 3.05) is 32.8 Å². The molecule has 1 aromatic carbocycles. The molecule has 1 aromatic heterocycles. The van der Waals surface area contributed by atoms with Crippen LogP contribution in [0.5, 0.6) is 0 Å². The monoisotopic (exact) mass is 440 g/mol. The first-order valence-electron chi connectivity index (χ1n) is 11.4. The topological polar surface area (TPSA) is 49.9 Å². The van der Waals surface area contributed by atoms with Crippen molar-refractivity contribution in [2.24, 2.45) is 5.92 Å². The summed E-state index contributed by atoms with van der Waals surface area (Å²) in [6.45, 7) is 5.26. The molecule has 2 atom stereocenters. The Kier molecular flexibility index (Phi) is 7.41. The lowest BCUT2D eigenvalue weighted by molar-refractivity contribution is -0.135. The number of thiophene rings is 1.